The topological polar surface area (TPSA) is 51.0 Å². The molecule has 0 saturated heterocycles. The summed E-state index contributed by atoms with van der Waals surface area (Å²) in [5.41, 5.74) is 0.976. The van der Waals surface area contributed by atoms with Crippen molar-refractivity contribution in [3.05, 3.63) is 36.2 Å². The highest BCUT2D eigenvalue weighted by Gasteiger charge is 2.06. The van der Waals surface area contributed by atoms with Crippen LogP contribution in [0.1, 0.15) is 12.8 Å². The summed E-state index contributed by atoms with van der Waals surface area (Å²) in [7, 11) is 0. The number of hydrogen-bond donors (Lipinski definition) is 1. The molecule has 0 atom stereocenters. The molecule has 0 aliphatic heterocycles. The van der Waals surface area contributed by atoms with Gasteiger partial charge in [0.05, 0.1) is 6.54 Å². The summed E-state index contributed by atoms with van der Waals surface area (Å²) in [5.74, 6) is 1.26. The fraction of sp³-hybridized carbons (Fsp3) is 0.273. The molecule has 0 spiro atoms. The number of nitrogens with zero attached hydrogens (tertiary/aromatic N) is 2. The Morgan fingerprint density at radius 1 is 1.25 bits per heavy atom. The van der Waals surface area contributed by atoms with Gasteiger partial charge >= 0.3 is 0 Å². The van der Waals surface area contributed by atoms with Crippen molar-refractivity contribution in [2.45, 2.75) is 13.5 Å². The molecule has 0 bridgehead atoms. The molecule has 0 unspecified atom stereocenters. The Morgan fingerprint density at radius 3 is 2.69 bits per heavy atom. The molecule has 2 rings (SSSR count). The van der Waals surface area contributed by atoms with Crippen molar-refractivity contribution in [3.8, 4) is 11.4 Å². The second-order valence-electron chi connectivity index (χ2n) is 3.16. The lowest BCUT2D eigenvalue weighted by Crippen LogP contribution is -2.11. The van der Waals surface area contributed by atoms with E-state index in [0.29, 0.717) is 18.3 Å². The van der Waals surface area contributed by atoms with Gasteiger partial charge in [0.15, 0.2) is 0 Å². The van der Waals surface area contributed by atoms with E-state index in [4.69, 9.17) is 4.52 Å². The van der Waals surface area contributed by atoms with Gasteiger partial charge in [-0.2, -0.15) is 4.98 Å². The number of benzene rings is 1. The summed E-state index contributed by atoms with van der Waals surface area (Å²) in [5, 5.41) is 7.05. The Hall–Kier alpha value is -1.39. The predicted molar refractivity (Wildman–Crippen MR) is 64.4 cm³/mol. The van der Waals surface area contributed by atoms with Gasteiger partial charge in [-0.05, 0) is 6.54 Å². The van der Waals surface area contributed by atoms with Crippen LogP contribution in [0.25, 0.3) is 11.4 Å². The molecular weight excluding hydrogens is 226 g/mol. The first kappa shape index (κ1) is 12.7. The molecule has 1 aromatic carbocycles. The Kier molecular flexibility index (Phi) is 4.95. The van der Waals surface area contributed by atoms with Crippen molar-refractivity contribution in [3.63, 3.8) is 0 Å². The average molecular weight is 240 g/mol. The van der Waals surface area contributed by atoms with Crippen LogP contribution in [-0.4, -0.2) is 16.7 Å². The summed E-state index contributed by atoms with van der Waals surface area (Å²) >= 11 is 0. The van der Waals surface area contributed by atoms with Crippen LogP contribution in [0.2, 0.25) is 0 Å². The Morgan fingerprint density at radius 2 is 2.00 bits per heavy atom. The van der Waals surface area contributed by atoms with Crippen molar-refractivity contribution in [2.24, 2.45) is 0 Å². The van der Waals surface area contributed by atoms with E-state index in [1.807, 2.05) is 37.3 Å². The highest BCUT2D eigenvalue weighted by Crippen LogP contribution is 2.14. The predicted octanol–water partition coefficient (Wildman–Crippen LogP) is 2.27. The normalized spacial score (nSPS) is 9.81. The van der Waals surface area contributed by atoms with Crippen molar-refractivity contribution < 1.29 is 4.52 Å². The van der Waals surface area contributed by atoms with Gasteiger partial charge in [0.2, 0.25) is 11.7 Å². The van der Waals surface area contributed by atoms with E-state index in [-0.39, 0.29) is 12.4 Å². The molecule has 2 aromatic rings. The van der Waals surface area contributed by atoms with Crippen LogP contribution < -0.4 is 5.32 Å². The molecule has 0 radical (unpaired) electrons. The Bertz CT molecular complexity index is 416. The van der Waals surface area contributed by atoms with Gasteiger partial charge in [0.1, 0.15) is 0 Å². The standard InChI is InChI=1S/C11H13N3O.ClH/c1-2-12-8-10-13-11(14-15-10)9-6-4-3-5-7-9;/h3-7,12H,2,8H2,1H3;1H. The second kappa shape index (κ2) is 6.25. The molecule has 0 aliphatic rings. The maximum atomic E-state index is 5.10. The third-order valence-electron chi connectivity index (χ3n) is 2.03. The fourth-order valence-electron chi connectivity index (χ4n) is 1.26. The Labute approximate surface area is 100 Å². The first-order valence-corrected chi connectivity index (χ1v) is 4.99. The summed E-state index contributed by atoms with van der Waals surface area (Å²) < 4.78 is 5.10. The van der Waals surface area contributed by atoms with E-state index in [1.54, 1.807) is 0 Å². The van der Waals surface area contributed by atoms with E-state index in [0.717, 1.165) is 12.1 Å². The molecule has 86 valence electrons. The molecular formula is C11H14ClN3O. The summed E-state index contributed by atoms with van der Waals surface area (Å²) in [4.78, 5) is 4.28. The van der Waals surface area contributed by atoms with Crippen LogP contribution in [0, 0.1) is 0 Å². The van der Waals surface area contributed by atoms with E-state index in [1.165, 1.54) is 0 Å². The van der Waals surface area contributed by atoms with Crippen LogP contribution in [0.5, 0.6) is 0 Å². The van der Waals surface area contributed by atoms with Crippen LogP contribution in [0.15, 0.2) is 34.9 Å². The van der Waals surface area contributed by atoms with Gasteiger partial charge in [-0.15, -0.1) is 12.4 Å². The summed E-state index contributed by atoms with van der Waals surface area (Å²) in [6.45, 7) is 3.55. The second-order valence-corrected chi connectivity index (χ2v) is 3.16. The van der Waals surface area contributed by atoms with E-state index < -0.39 is 0 Å². The maximum Gasteiger partial charge on any atom is 0.240 e. The highest BCUT2D eigenvalue weighted by atomic mass is 35.5. The summed E-state index contributed by atoms with van der Waals surface area (Å²) in [6.07, 6.45) is 0. The number of rotatable bonds is 4. The first-order valence-electron chi connectivity index (χ1n) is 4.99. The van der Waals surface area contributed by atoms with E-state index in [2.05, 4.69) is 15.5 Å². The molecule has 5 heteroatoms. The molecule has 1 heterocycles. The van der Waals surface area contributed by atoms with Crippen molar-refractivity contribution in [2.75, 3.05) is 6.54 Å². The van der Waals surface area contributed by atoms with E-state index in [9.17, 15) is 0 Å². The Balaban J connectivity index is 0.00000128. The highest BCUT2D eigenvalue weighted by molar-refractivity contribution is 5.85. The van der Waals surface area contributed by atoms with Crippen LogP contribution in [-0.2, 0) is 6.54 Å². The fourth-order valence-corrected chi connectivity index (χ4v) is 1.26. The molecule has 0 amide bonds. The van der Waals surface area contributed by atoms with Gasteiger partial charge in [-0.3, -0.25) is 0 Å². The SMILES string of the molecule is CCNCc1nc(-c2ccccc2)no1.Cl. The minimum Gasteiger partial charge on any atom is -0.338 e. The monoisotopic (exact) mass is 239 g/mol. The number of nitrogens with one attached hydrogen (secondary N) is 1. The molecule has 1 aromatic heterocycles. The third kappa shape index (κ3) is 3.05. The van der Waals surface area contributed by atoms with Crippen LogP contribution in [0.3, 0.4) is 0 Å². The van der Waals surface area contributed by atoms with Crippen molar-refractivity contribution >= 4 is 12.4 Å². The molecule has 16 heavy (non-hydrogen) atoms. The maximum absolute atomic E-state index is 5.10. The van der Waals surface area contributed by atoms with Crippen LogP contribution >= 0.6 is 12.4 Å². The van der Waals surface area contributed by atoms with Gasteiger partial charge in [-0.1, -0.05) is 42.4 Å². The lowest BCUT2D eigenvalue weighted by Gasteiger charge is -1.93. The largest absolute Gasteiger partial charge is 0.338 e. The van der Waals surface area contributed by atoms with Gasteiger partial charge < -0.3 is 9.84 Å². The zero-order valence-electron chi connectivity index (χ0n) is 9.01. The smallest absolute Gasteiger partial charge is 0.240 e. The van der Waals surface area contributed by atoms with Gasteiger partial charge in [-0.25, -0.2) is 0 Å². The lowest BCUT2D eigenvalue weighted by atomic mass is 10.2. The number of hydrogen-bond acceptors (Lipinski definition) is 4. The van der Waals surface area contributed by atoms with Crippen molar-refractivity contribution in [1.29, 1.82) is 0 Å². The van der Waals surface area contributed by atoms with Gasteiger partial charge in [0.25, 0.3) is 0 Å². The van der Waals surface area contributed by atoms with Crippen molar-refractivity contribution in [1.82, 2.24) is 15.5 Å². The minimum absolute atomic E-state index is 0. The quantitative estimate of drug-likeness (QED) is 0.889. The van der Waals surface area contributed by atoms with Crippen LogP contribution in [0.4, 0.5) is 0 Å². The lowest BCUT2D eigenvalue weighted by molar-refractivity contribution is 0.369. The zero-order valence-corrected chi connectivity index (χ0v) is 9.83. The molecule has 1 N–H and O–H groups in total. The zero-order chi connectivity index (χ0) is 10.5. The molecule has 4 nitrogen and oxygen atoms in total. The van der Waals surface area contributed by atoms with Gasteiger partial charge in [0, 0.05) is 5.56 Å². The first-order chi connectivity index (χ1) is 7.40. The molecule has 0 fully saturated rings. The van der Waals surface area contributed by atoms with E-state index >= 15 is 0 Å². The molecule has 0 aliphatic carbocycles. The number of halogens is 1. The minimum atomic E-state index is 0. The molecule has 0 saturated carbocycles. The summed E-state index contributed by atoms with van der Waals surface area (Å²) in [6, 6.07) is 9.79. The number of aromatic nitrogens is 2. The average Bonchev–Trinajstić information content (AvgIpc) is 2.76. The third-order valence-corrected chi connectivity index (χ3v) is 2.03.